The SMILES string of the molecule is CCC(=O)C(C)(F)C(=O)C(C)C. The van der Waals surface area contributed by atoms with Crippen molar-refractivity contribution >= 4 is 11.6 Å². The molecule has 3 heteroatoms. The zero-order valence-corrected chi connectivity index (χ0v) is 7.98. The third-order valence-electron chi connectivity index (χ3n) is 1.83. The minimum absolute atomic E-state index is 0.0610. The number of hydrogen-bond acceptors (Lipinski definition) is 2. The molecule has 0 rings (SSSR count). The summed E-state index contributed by atoms with van der Waals surface area (Å²) in [4.78, 5) is 22.2. The highest BCUT2D eigenvalue weighted by atomic mass is 19.1. The van der Waals surface area contributed by atoms with Crippen LogP contribution in [0.4, 0.5) is 4.39 Å². The van der Waals surface area contributed by atoms with E-state index in [0.717, 1.165) is 6.92 Å². The molecule has 0 aliphatic heterocycles. The van der Waals surface area contributed by atoms with Gasteiger partial charge in [-0.25, -0.2) is 4.39 Å². The van der Waals surface area contributed by atoms with Crippen LogP contribution >= 0.6 is 0 Å². The van der Waals surface area contributed by atoms with Crippen molar-refractivity contribution in [1.29, 1.82) is 0 Å². The number of carbonyl (C=O) groups excluding carboxylic acids is 2. The van der Waals surface area contributed by atoms with Crippen LogP contribution in [0.5, 0.6) is 0 Å². The molecule has 0 aromatic rings. The van der Waals surface area contributed by atoms with E-state index in [1.165, 1.54) is 0 Å². The van der Waals surface area contributed by atoms with E-state index in [4.69, 9.17) is 0 Å². The van der Waals surface area contributed by atoms with Crippen molar-refractivity contribution in [2.45, 2.75) is 39.8 Å². The Bertz CT molecular complexity index is 195. The first-order valence-electron chi connectivity index (χ1n) is 4.10. The number of carbonyl (C=O) groups is 2. The van der Waals surface area contributed by atoms with Gasteiger partial charge in [0, 0.05) is 12.3 Å². The molecular weight excluding hydrogens is 159 g/mol. The fourth-order valence-corrected chi connectivity index (χ4v) is 1.01. The smallest absolute Gasteiger partial charge is 0.223 e. The van der Waals surface area contributed by atoms with Gasteiger partial charge in [0.1, 0.15) is 0 Å². The van der Waals surface area contributed by atoms with Crippen LogP contribution in [0, 0.1) is 5.92 Å². The zero-order valence-electron chi connectivity index (χ0n) is 7.98. The molecule has 12 heavy (non-hydrogen) atoms. The van der Waals surface area contributed by atoms with E-state index in [-0.39, 0.29) is 6.42 Å². The maximum absolute atomic E-state index is 13.4. The molecule has 0 saturated heterocycles. The first-order valence-corrected chi connectivity index (χ1v) is 4.10. The molecule has 0 heterocycles. The van der Waals surface area contributed by atoms with E-state index in [0.29, 0.717) is 0 Å². The maximum atomic E-state index is 13.4. The fraction of sp³-hybridized carbons (Fsp3) is 0.778. The third-order valence-corrected chi connectivity index (χ3v) is 1.83. The number of halogens is 1. The van der Waals surface area contributed by atoms with Crippen molar-refractivity contribution in [3.8, 4) is 0 Å². The van der Waals surface area contributed by atoms with Crippen LogP contribution in [-0.4, -0.2) is 17.2 Å². The van der Waals surface area contributed by atoms with E-state index in [2.05, 4.69) is 0 Å². The van der Waals surface area contributed by atoms with Gasteiger partial charge in [-0.05, 0) is 6.92 Å². The van der Waals surface area contributed by atoms with Gasteiger partial charge in [-0.1, -0.05) is 20.8 Å². The van der Waals surface area contributed by atoms with Crippen molar-refractivity contribution in [3.63, 3.8) is 0 Å². The van der Waals surface area contributed by atoms with Crippen LogP contribution in [0.3, 0.4) is 0 Å². The Morgan fingerprint density at radius 3 is 2.08 bits per heavy atom. The number of Topliss-reactive ketones (excluding diaryl/α,β-unsaturated/α-hetero) is 2. The molecule has 0 saturated carbocycles. The topological polar surface area (TPSA) is 34.1 Å². The van der Waals surface area contributed by atoms with Gasteiger partial charge in [0.2, 0.25) is 5.67 Å². The summed E-state index contributed by atoms with van der Waals surface area (Å²) in [7, 11) is 0. The number of ketones is 2. The summed E-state index contributed by atoms with van der Waals surface area (Å²) >= 11 is 0. The molecule has 0 spiro atoms. The monoisotopic (exact) mass is 174 g/mol. The lowest BCUT2D eigenvalue weighted by Crippen LogP contribution is -2.41. The van der Waals surface area contributed by atoms with Crippen molar-refractivity contribution in [3.05, 3.63) is 0 Å². The quantitative estimate of drug-likeness (QED) is 0.610. The molecule has 0 aromatic heterocycles. The first kappa shape index (κ1) is 11.3. The summed E-state index contributed by atoms with van der Waals surface area (Å²) in [6.07, 6.45) is 0.0610. The summed E-state index contributed by atoms with van der Waals surface area (Å²) in [5.74, 6) is -1.70. The normalized spacial score (nSPS) is 15.8. The van der Waals surface area contributed by atoms with Gasteiger partial charge in [0.05, 0.1) is 0 Å². The molecule has 0 amide bonds. The molecule has 0 aromatic carbocycles. The van der Waals surface area contributed by atoms with Crippen molar-refractivity contribution < 1.29 is 14.0 Å². The molecular formula is C9H15FO2. The highest BCUT2D eigenvalue weighted by Crippen LogP contribution is 2.19. The number of alkyl halides is 1. The van der Waals surface area contributed by atoms with E-state index in [1.54, 1.807) is 20.8 Å². The summed E-state index contributed by atoms with van der Waals surface area (Å²) in [6.45, 7) is 5.77. The van der Waals surface area contributed by atoms with Gasteiger partial charge >= 0.3 is 0 Å². The Hall–Kier alpha value is -0.730. The van der Waals surface area contributed by atoms with Crippen molar-refractivity contribution in [2.75, 3.05) is 0 Å². The molecule has 0 aliphatic carbocycles. The molecule has 0 fully saturated rings. The van der Waals surface area contributed by atoms with Crippen molar-refractivity contribution in [1.82, 2.24) is 0 Å². The minimum Gasteiger partial charge on any atom is -0.296 e. The van der Waals surface area contributed by atoms with Crippen LogP contribution in [0.1, 0.15) is 34.1 Å². The van der Waals surface area contributed by atoms with Crippen LogP contribution in [0.25, 0.3) is 0 Å². The van der Waals surface area contributed by atoms with Crippen LogP contribution < -0.4 is 0 Å². The molecule has 0 bridgehead atoms. The second-order valence-electron chi connectivity index (χ2n) is 3.30. The summed E-state index contributed by atoms with van der Waals surface area (Å²) < 4.78 is 13.4. The van der Waals surface area contributed by atoms with Gasteiger partial charge in [-0.3, -0.25) is 9.59 Å². The summed E-state index contributed by atoms with van der Waals surface area (Å²) in [5, 5.41) is 0. The van der Waals surface area contributed by atoms with E-state index < -0.39 is 23.2 Å². The predicted molar refractivity (Wildman–Crippen MR) is 44.7 cm³/mol. The second-order valence-corrected chi connectivity index (χ2v) is 3.30. The third kappa shape index (κ3) is 2.13. The Morgan fingerprint density at radius 2 is 1.83 bits per heavy atom. The van der Waals surface area contributed by atoms with Crippen molar-refractivity contribution in [2.24, 2.45) is 5.92 Å². The average molecular weight is 174 g/mol. The highest BCUT2D eigenvalue weighted by Gasteiger charge is 2.40. The van der Waals surface area contributed by atoms with Gasteiger partial charge in [0.25, 0.3) is 0 Å². The summed E-state index contributed by atoms with van der Waals surface area (Å²) in [6, 6.07) is 0. The largest absolute Gasteiger partial charge is 0.296 e. The molecule has 0 aliphatic rings. The number of hydrogen-bond donors (Lipinski definition) is 0. The molecule has 0 N–H and O–H groups in total. The number of rotatable bonds is 4. The predicted octanol–water partition coefficient (Wildman–Crippen LogP) is 1.92. The zero-order chi connectivity index (χ0) is 9.94. The van der Waals surface area contributed by atoms with Crippen LogP contribution in [0.15, 0.2) is 0 Å². The molecule has 1 unspecified atom stereocenters. The Morgan fingerprint density at radius 1 is 1.42 bits per heavy atom. The van der Waals surface area contributed by atoms with E-state index >= 15 is 0 Å². The fourth-order valence-electron chi connectivity index (χ4n) is 1.01. The average Bonchev–Trinajstić information content (AvgIpc) is 2.01. The Labute approximate surface area is 72.1 Å². The highest BCUT2D eigenvalue weighted by molar-refractivity contribution is 6.10. The lowest BCUT2D eigenvalue weighted by atomic mass is 9.89. The standard InChI is InChI=1S/C9H15FO2/c1-5-7(11)9(4,10)8(12)6(2)3/h6H,5H2,1-4H3. The molecule has 2 nitrogen and oxygen atoms in total. The van der Waals surface area contributed by atoms with Crippen LogP contribution in [0.2, 0.25) is 0 Å². The first-order chi connectivity index (χ1) is 5.34. The molecule has 1 atom stereocenters. The Balaban J connectivity index is 4.61. The van der Waals surface area contributed by atoms with Gasteiger partial charge in [0.15, 0.2) is 11.6 Å². The van der Waals surface area contributed by atoms with Gasteiger partial charge in [-0.15, -0.1) is 0 Å². The van der Waals surface area contributed by atoms with Gasteiger partial charge in [-0.2, -0.15) is 0 Å². The lowest BCUT2D eigenvalue weighted by Gasteiger charge is -2.18. The minimum atomic E-state index is -2.29. The van der Waals surface area contributed by atoms with Crippen LogP contribution in [-0.2, 0) is 9.59 Å². The van der Waals surface area contributed by atoms with Gasteiger partial charge < -0.3 is 0 Å². The maximum Gasteiger partial charge on any atom is 0.223 e. The Kier molecular flexibility index (Phi) is 3.55. The van der Waals surface area contributed by atoms with E-state index in [1.807, 2.05) is 0 Å². The lowest BCUT2D eigenvalue weighted by molar-refractivity contribution is -0.143. The second kappa shape index (κ2) is 3.78. The summed E-state index contributed by atoms with van der Waals surface area (Å²) in [5.41, 5.74) is -2.29. The molecule has 70 valence electrons. The molecule has 0 radical (unpaired) electrons. The van der Waals surface area contributed by atoms with E-state index in [9.17, 15) is 14.0 Å².